The lowest BCUT2D eigenvalue weighted by Gasteiger charge is -2.03. The van der Waals surface area contributed by atoms with Crippen molar-refractivity contribution in [3.05, 3.63) is 24.3 Å². The molecule has 2 amide bonds. The van der Waals surface area contributed by atoms with Gasteiger partial charge in [-0.15, -0.1) is 0 Å². The van der Waals surface area contributed by atoms with Gasteiger partial charge in [0.05, 0.1) is 12.1 Å². The van der Waals surface area contributed by atoms with E-state index in [2.05, 4.69) is 10.6 Å². The zero-order valence-electron chi connectivity index (χ0n) is 19.2. The van der Waals surface area contributed by atoms with Crippen molar-refractivity contribution in [1.82, 2.24) is 10.6 Å². The number of allylic oxidation sites excluding steroid dienone is 2. The minimum absolute atomic E-state index is 0.0416. The van der Waals surface area contributed by atoms with Crippen LogP contribution in [0.5, 0.6) is 0 Å². The van der Waals surface area contributed by atoms with Gasteiger partial charge < -0.3 is 20.8 Å². The summed E-state index contributed by atoms with van der Waals surface area (Å²) >= 11 is 0. The van der Waals surface area contributed by atoms with Crippen molar-refractivity contribution >= 4 is 11.8 Å². The lowest BCUT2D eigenvalue weighted by Crippen LogP contribution is -2.33. The Hall–Kier alpha value is -1.66. The van der Waals surface area contributed by atoms with Crippen LogP contribution in [0.25, 0.3) is 0 Å². The van der Waals surface area contributed by atoms with Crippen molar-refractivity contribution in [1.29, 1.82) is 0 Å². The summed E-state index contributed by atoms with van der Waals surface area (Å²) in [5, 5.41) is 23.3. The molecule has 1 fully saturated rings. The predicted octanol–water partition coefficient (Wildman–Crippen LogP) is 3.92. The summed E-state index contributed by atoms with van der Waals surface area (Å²) in [5.74, 6) is -0.168. The molecule has 6 nitrogen and oxygen atoms in total. The van der Waals surface area contributed by atoms with Crippen LogP contribution in [-0.2, 0) is 9.59 Å². The molecule has 0 aromatic carbocycles. The zero-order valence-corrected chi connectivity index (χ0v) is 19.2. The Labute approximate surface area is 188 Å². The van der Waals surface area contributed by atoms with Gasteiger partial charge in [0.1, 0.15) is 0 Å². The number of rotatable bonds is 20. The van der Waals surface area contributed by atoms with E-state index < -0.39 is 0 Å². The molecule has 0 bridgehead atoms. The van der Waals surface area contributed by atoms with E-state index in [9.17, 15) is 9.59 Å². The summed E-state index contributed by atoms with van der Waals surface area (Å²) in [4.78, 5) is 23.9. The molecule has 0 aromatic heterocycles. The molecule has 4 N–H and O–H groups in total. The summed E-state index contributed by atoms with van der Waals surface area (Å²) < 4.78 is 0. The fourth-order valence-electron chi connectivity index (χ4n) is 3.52. The molecular weight excluding hydrogens is 392 g/mol. The summed E-state index contributed by atoms with van der Waals surface area (Å²) in [7, 11) is 0. The third-order valence-electron chi connectivity index (χ3n) is 5.54. The first-order chi connectivity index (χ1) is 15.2. The summed E-state index contributed by atoms with van der Waals surface area (Å²) in [6.45, 7) is 0.571. The Morgan fingerprint density at radius 1 is 0.613 bits per heavy atom. The minimum atomic E-state index is -0.0841. The maximum absolute atomic E-state index is 11.9. The van der Waals surface area contributed by atoms with Crippen LogP contribution in [0.4, 0.5) is 0 Å². The second-order valence-corrected chi connectivity index (χ2v) is 8.54. The molecule has 178 valence electrons. The highest BCUT2D eigenvalue weighted by atomic mass is 16.3. The first-order valence-electron chi connectivity index (χ1n) is 12.3. The quantitative estimate of drug-likeness (QED) is 0.172. The SMILES string of the molecule is O=C(C=CCCCCCCCCO)N[C@@H]1C[C@H]1NC(=O)C=CCCCCCCCCO. The van der Waals surface area contributed by atoms with Crippen molar-refractivity contribution in [2.75, 3.05) is 13.2 Å². The maximum Gasteiger partial charge on any atom is 0.243 e. The second-order valence-electron chi connectivity index (χ2n) is 8.54. The number of carbonyl (C=O) groups is 2. The molecule has 0 aromatic rings. The number of hydrogen-bond acceptors (Lipinski definition) is 4. The van der Waals surface area contributed by atoms with Gasteiger partial charge in [0.15, 0.2) is 0 Å². The Morgan fingerprint density at radius 3 is 1.35 bits per heavy atom. The number of aliphatic hydroxyl groups is 2. The molecular formula is C25H44N2O4. The molecule has 0 radical (unpaired) electrons. The summed E-state index contributed by atoms with van der Waals surface area (Å²) in [5.41, 5.74) is 0. The lowest BCUT2D eigenvalue weighted by atomic mass is 10.1. The fraction of sp³-hybridized carbons (Fsp3) is 0.760. The summed E-state index contributed by atoms with van der Waals surface area (Å²) in [6, 6.07) is 0.0832. The van der Waals surface area contributed by atoms with Crippen LogP contribution in [0.2, 0.25) is 0 Å². The van der Waals surface area contributed by atoms with Crippen LogP contribution in [0, 0.1) is 0 Å². The topological polar surface area (TPSA) is 98.7 Å². The molecule has 2 atom stereocenters. The van der Waals surface area contributed by atoms with Crippen molar-refractivity contribution in [2.45, 2.75) is 108 Å². The number of amides is 2. The van der Waals surface area contributed by atoms with Crippen LogP contribution in [-0.4, -0.2) is 47.3 Å². The van der Waals surface area contributed by atoms with Gasteiger partial charge in [0.25, 0.3) is 0 Å². The van der Waals surface area contributed by atoms with Crippen LogP contribution in [0.15, 0.2) is 24.3 Å². The van der Waals surface area contributed by atoms with E-state index in [-0.39, 0.29) is 37.1 Å². The number of hydrogen-bond donors (Lipinski definition) is 4. The van der Waals surface area contributed by atoms with Crippen LogP contribution >= 0.6 is 0 Å². The second kappa shape index (κ2) is 19.1. The van der Waals surface area contributed by atoms with Crippen LogP contribution in [0.3, 0.4) is 0 Å². The predicted molar refractivity (Wildman–Crippen MR) is 126 cm³/mol. The molecule has 31 heavy (non-hydrogen) atoms. The zero-order chi connectivity index (χ0) is 22.6. The molecule has 0 heterocycles. The highest BCUT2D eigenvalue weighted by Crippen LogP contribution is 2.21. The number of carbonyl (C=O) groups excluding carboxylic acids is 2. The maximum atomic E-state index is 11.9. The van der Waals surface area contributed by atoms with Gasteiger partial charge in [-0.2, -0.15) is 0 Å². The molecule has 1 rings (SSSR count). The standard InChI is InChI=1S/C25H44N2O4/c28-19-15-11-7-3-1-5-9-13-17-24(30)26-22-21-23(22)27-25(31)18-14-10-6-2-4-8-12-16-20-29/h13-14,17-18,22-23,28-29H,1-12,15-16,19-21H2,(H,26,30)(H,27,31)/t22-,23-/m1/s1. The Morgan fingerprint density at radius 2 is 0.968 bits per heavy atom. The molecule has 0 spiro atoms. The third-order valence-corrected chi connectivity index (χ3v) is 5.54. The van der Waals surface area contributed by atoms with E-state index in [4.69, 9.17) is 10.2 Å². The first-order valence-corrected chi connectivity index (χ1v) is 12.3. The molecule has 0 unspecified atom stereocenters. The number of unbranched alkanes of at least 4 members (excludes halogenated alkanes) is 12. The average molecular weight is 437 g/mol. The van der Waals surface area contributed by atoms with Gasteiger partial charge in [-0.1, -0.05) is 63.5 Å². The molecule has 6 heteroatoms. The molecule has 0 saturated heterocycles. The Kier molecular flexibility index (Phi) is 16.8. The minimum Gasteiger partial charge on any atom is -0.396 e. The fourth-order valence-corrected chi connectivity index (χ4v) is 3.52. The van der Waals surface area contributed by atoms with Gasteiger partial charge in [0.2, 0.25) is 11.8 Å². The van der Waals surface area contributed by atoms with E-state index >= 15 is 0 Å². The van der Waals surface area contributed by atoms with Crippen LogP contribution < -0.4 is 10.6 Å². The van der Waals surface area contributed by atoms with Crippen molar-refractivity contribution in [3.63, 3.8) is 0 Å². The monoisotopic (exact) mass is 436 g/mol. The summed E-state index contributed by atoms with van der Waals surface area (Å²) in [6.07, 6.45) is 22.8. The smallest absolute Gasteiger partial charge is 0.243 e. The first kappa shape index (κ1) is 27.4. The van der Waals surface area contributed by atoms with Crippen molar-refractivity contribution in [2.24, 2.45) is 0 Å². The van der Waals surface area contributed by atoms with E-state index in [1.807, 2.05) is 12.2 Å². The number of nitrogens with one attached hydrogen (secondary N) is 2. The normalized spacial score (nSPS) is 18.0. The van der Waals surface area contributed by atoms with Gasteiger partial charge in [-0.05, 0) is 57.1 Å². The lowest BCUT2D eigenvalue weighted by molar-refractivity contribution is -0.118. The van der Waals surface area contributed by atoms with Gasteiger partial charge in [0, 0.05) is 13.2 Å². The van der Waals surface area contributed by atoms with Crippen molar-refractivity contribution in [3.8, 4) is 0 Å². The molecule has 1 aliphatic carbocycles. The molecule has 0 aliphatic heterocycles. The highest BCUT2D eigenvalue weighted by Gasteiger charge is 2.38. The molecule has 1 aliphatic rings. The van der Waals surface area contributed by atoms with E-state index in [1.54, 1.807) is 12.2 Å². The van der Waals surface area contributed by atoms with Gasteiger partial charge >= 0.3 is 0 Å². The van der Waals surface area contributed by atoms with E-state index in [0.717, 1.165) is 70.6 Å². The van der Waals surface area contributed by atoms with E-state index in [0.29, 0.717) is 0 Å². The molecule has 1 saturated carbocycles. The van der Waals surface area contributed by atoms with Crippen molar-refractivity contribution < 1.29 is 19.8 Å². The Bertz CT molecular complexity index is 488. The largest absolute Gasteiger partial charge is 0.396 e. The highest BCUT2D eigenvalue weighted by molar-refractivity contribution is 5.89. The average Bonchev–Trinajstić information content (AvgIpc) is 3.47. The van der Waals surface area contributed by atoms with Gasteiger partial charge in [-0.25, -0.2) is 0 Å². The van der Waals surface area contributed by atoms with E-state index in [1.165, 1.54) is 25.7 Å². The van der Waals surface area contributed by atoms with Crippen LogP contribution in [0.1, 0.15) is 96.3 Å². The third kappa shape index (κ3) is 16.7. The number of aliphatic hydroxyl groups excluding tert-OH is 2. The van der Waals surface area contributed by atoms with Gasteiger partial charge in [-0.3, -0.25) is 9.59 Å². The Balaban J connectivity index is 1.97.